The molecule has 1 amide bonds. The van der Waals surface area contributed by atoms with Crippen LogP contribution in [0.25, 0.3) is 10.9 Å². The van der Waals surface area contributed by atoms with E-state index in [1.807, 2.05) is 12.3 Å². The zero-order valence-electron chi connectivity index (χ0n) is 13.1. The fourth-order valence-corrected chi connectivity index (χ4v) is 3.45. The van der Waals surface area contributed by atoms with E-state index >= 15 is 0 Å². The third-order valence-electron chi connectivity index (χ3n) is 4.80. The summed E-state index contributed by atoms with van der Waals surface area (Å²) < 4.78 is 0. The van der Waals surface area contributed by atoms with E-state index in [1.165, 1.54) is 5.56 Å². The van der Waals surface area contributed by atoms with Gasteiger partial charge >= 0.3 is 0 Å². The number of aromatic amines is 1. The maximum Gasteiger partial charge on any atom is 0.224 e. The first-order valence-electron chi connectivity index (χ1n) is 8.21. The maximum atomic E-state index is 12.2. The number of fused-ring (bicyclic) bond motifs is 1. The number of carbonyl (C=O) groups excluding carboxylic acids is 1. The number of amides is 1. The van der Waals surface area contributed by atoms with Gasteiger partial charge in [0.05, 0.1) is 12.5 Å². The smallest absolute Gasteiger partial charge is 0.224 e. The molecule has 4 nitrogen and oxygen atoms in total. The first-order chi connectivity index (χ1) is 10.7. The van der Waals surface area contributed by atoms with Gasteiger partial charge in [0.25, 0.3) is 0 Å². The third kappa shape index (κ3) is 3.02. The fraction of sp³-hybridized carbons (Fsp3) is 0.500. The quantitative estimate of drug-likeness (QED) is 0.794. The minimum atomic E-state index is -0.250. The summed E-state index contributed by atoms with van der Waals surface area (Å²) in [6.07, 6.45) is 5.98. The van der Waals surface area contributed by atoms with E-state index in [-0.39, 0.29) is 17.9 Å². The minimum absolute atomic E-state index is 0.0295. The SMILES string of the molecule is CCc1cccc2c(CC(=O)NCC3CCCC3O)c[nH]c12. The highest BCUT2D eigenvalue weighted by Gasteiger charge is 2.25. The van der Waals surface area contributed by atoms with Gasteiger partial charge in [-0.1, -0.05) is 31.5 Å². The van der Waals surface area contributed by atoms with Crippen molar-refractivity contribution >= 4 is 16.8 Å². The van der Waals surface area contributed by atoms with Gasteiger partial charge in [-0.3, -0.25) is 4.79 Å². The van der Waals surface area contributed by atoms with Crippen LogP contribution in [0.15, 0.2) is 24.4 Å². The van der Waals surface area contributed by atoms with Gasteiger partial charge in [-0.05, 0) is 30.4 Å². The van der Waals surface area contributed by atoms with Crippen LogP contribution in [0.3, 0.4) is 0 Å². The van der Waals surface area contributed by atoms with Crippen molar-refractivity contribution < 1.29 is 9.90 Å². The summed E-state index contributed by atoms with van der Waals surface area (Å²) in [5, 5.41) is 13.9. The summed E-state index contributed by atoms with van der Waals surface area (Å²) in [5.41, 5.74) is 3.45. The molecule has 4 heteroatoms. The van der Waals surface area contributed by atoms with E-state index < -0.39 is 0 Å². The Morgan fingerprint density at radius 1 is 1.36 bits per heavy atom. The molecular weight excluding hydrogens is 276 g/mol. The molecule has 118 valence electrons. The number of aromatic nitrogens is 1. The van der Waals surface area contributed by atoms with Crippen molar-refractivity contribution in [1.29, 1.82) is 0 Å². The number of aliphatic hydroxyl groups is 1. The second-order valence-corrected chi connectivity index (χ2v) is 6.25. The zero-order chi connectivity index (χ0) is 15.5. The van der Waals surface area contributed by atoms with Crippen LogP contribution in [-0.2, 0) is 17.6 Å². The van der Waals surface area contributed by atoms with Crippen molar-refractivity contribution in [2.75, 3.05) is 6.54 Å². The number of para-hydroxylation sites is 1. The molecule has 2 atom stereocenters. The molecule has 1 heterocycles. The lowest BCUT2D eigenvalue weighted by Crippen LogP contribution is -2.33. The second kappa shape index (κ2) is 6.53. The summed E-state index contributed by atoms with van der Waals surface area (Å²) in [6.45, 7) is 2.72. The average Bonchev–Trinajstić information content (AvgIpc) is 3.11. The lowest BCUT2D eigenvalue weighted by atomic mass is 10.0. The Morgan fingerprint density at radius 3 is 2.95 bits per heavy atom. The van der Waals surface area contributed by atoms with Crippen LogP contribution in [0, 0.1) is 5.92 Å². The molecule has 1 aliphatic carbocycles. The summed E-state index contributed by atoms with van der Waals surface area (Å²) >= 11 is 0. The lowest BCUT2D eigenvalue weighted by Gasteiger charge is -2.14. The third-order valence-corrected chi connectivity index (χ3v) is 4.80. The zero-order valence-corrected chi connectivity index (χ0v) is 13.1. The molecule has 1 aromatic carbocycles. The number of aryl methyl sites for hydroxylation is 1. The number of H-pyrrole nitrogens is 1. The van der Waals surface area contributed by atoms with Crippen molar-refractivity contribution in [3.05, 3.63) is 35.5 Å². The van der Waals surface area contributed by atoms with Crippen LogP contribution in [0.4, 0.5) is 0 Å². The van der Waals surface area contributed by atoms with Gasteiger partial charge in [0.1, 0.15) is 0 Å². The Morgan fingerprint density at radius 2 is 2.23 bits per heavy atom. The molecule has 2 aromatic rings. The standard InChI is InChI=1S/C18H24N2O2/c1-2-12-5-3-7-15-14(11-20-18(12)15)9-17(22)19-10-13-6-4-8-16(13)21/h3,5,7,11,13,16,20-21H,2,4,6,8-10H2,1H3,(H,19,22). The molecule has 2 unspecified atom stereocenters. The molecule has 1 saturated carbocycles. The molecule has 0 spiro atoms. The van der Waals surface area contributed by atoms with Gasteiger partial charge in [-0.25, -0.2) is 0 Å². The predicted molar refractivity (Wildman–Crippen MR) is 87.7 cm³/mol. The number of hydrogen-bond acceptors (Lipinski definition) is 2. The van der Waals surface area contributed by atoms with Gasteiger partial charge in [0, 0.05) is 29.6 Å². The van der Waals surface area contributed by atoms with Crippen LogP contribution in [0.2, 0.25) is 0 Å². The molecule has 22 heavy (non-hydrogen) atoms. The van der Waals surface area contributed by atoms with Crippen LogP contribution >= 0.6 is 0 Å². The number of benzene rings is 1. The molecular formula is C18H24N2O2. The van der Waals surface area contributed by atoms with Gasteiger partial charge in [0.2, 0.25) is 5.91 Å². The molecule has 0 saturated heterocycles. The normalized spacial score (nSPS) is 21.4. The van der Waals surface area contributed by atoms with E-state index in [1.54, 1.807) is 0 Å². The van der Waals surface area contributed by atoms with Crippen LogP contribution in [0.1, 0.15) is 37.3 Å². The highest BCUT2D eigenvalue weighted by Crippen LogP contribution is 2.25. The predicted octanol–water partition coefficient (Wildman–Crippen LogP) is 2.55. The lowest BCUT2D eigenvalue weighted by molar-refractivity contribution is -0.120. The Kier molecular flexibility index (Phi) is 4.48. The van der Waals surface area contributed by atoms with Gasteiger partial charge < -0.3 is 15.4 Å². The van der Waals surface area contributed by atoms with Crippen molar-refractivity contribution in [3.8, 4) is 0 Å². The summed E-state index contributed by atoms with van der Waals surface area (Å²) in [6, 6.07) is 6.23. The number of nitrogens with one attached hydrogen (secondary N) is 2. The Labute approximate surface area is 130 Å². The van der Waals surface area contributed by atoms with Crippen molar-refractivity contribution in [2.45, 2.75) is 45.1 Å². The number of hydrogen-bond donors (Lipinski definition) is 3. The largest absolute Gasteiger partial charge is 0.393 e. The van der Waals surface area contributed by atoms with Crippen LogP contribution in [0.5, 0.6) is 0 Å². The molecule has 1 fully saturated rings. The second-order valence-electron chi connectivity index (χ2n) is 6.25. The summed E-state index contributed by atoms with van der Waals surface area (Å²) in [4.78, 5) is 15.5. The number of aliphatic hydroxyl groups excluding tert-OH is 1. The summed E-state index contributed by atoms with van der Waals surface area (Å²) in [5.74, 6) is 0.250. The van der Waals surface area contributed by atoms with Crippen molar-refractivity contribution in [3.63, 3.8) is 0 Å². The van der Waals surface area contributed by atoms with E-state index in [2.05, 4.69) is 29.4 Å². The van der Waals surface area contributed by atoms with E-state index in [0.29, 0.717) is 13.0 Å². The molecule has 3 rings (SSSR count). The van der Waals surface area contributed by atoms with Crippen molar-refractivity contribution in [2.24, 2.45) is 5.92 Å². The highest BCUT2D eigenvalue weighted by atomic mass is 16.3. The number of rotatable bonds is 5. The van der Waals surface area contributed by atoms with E-state index in [4.69, 9.17) is 0 Å². The van der Waals surface area contributed by atoms with Crippen LogP contribution in [-0.4, -0.2) is 28.6 Å². The molecule has 0 aliphatic heterocycles. The summed E-state index contributed by atoms with van der Waals surface area (Å²) in [7, 11) is 0. The molecule has 0 bridgehead atoms. The Bertz CT molecular complexity index is 662. The fourth-order valence-electron chi connectivity index (χ4n) is 3.45. The number of carbonyl (C=O) groups is 1. The van der Waals surface area contributed by atoms with Gasteiger partial charge in [0.15, 0.2) is 0 Å². The minimum Gasteiger partial charge on any atom is -0.393 e. The van der Waals surface area contributed by atoms with Gasteiger partial charge in [-0.2, -0.15) is 0 Å². The monoisotopic (exact) mass is 300 g/mol. The topological polar surface area (TPSA) is 65.1 Å². The van der Waals surface area contributed by atoms with Crippen LogP contribution < -0.4 is 5.32 Å². The molecule has 0 radical (unpaired) electrons. The Hall–Kier alpha value is -1.81. The molecule has 3 N–H and O–H groups in total. The van der Waals surface area contributed by atoms with E-state index in [0.717, 1.165) is 42.1 Å². The Balaban J connectivity index is 1.64. The van der Waals surface area contributed by atoms with Crippen molar-refractivity contribution in [1.82, 2.24) is 10.3 Å². The maximum absolute atomic E-state index is 12.2. The first kappa shape index (κ1) is 15.1. The molecule has 1 aliphatic rings. The highest BCUT2D eigenvalue weighted by molar-refractivity contribution is 5.90. The first-order valence-corrected chi connectivity index (χ1v) is 8.21. The van der Waals surface area contributed by atoms with E-state index in [9.17, 15) is 9.90 Å². The van der Waals surface area contributed by atoms with Gasteiger partial charge in [-0.15, -0.1) is 0 Å². The average molecular weight is 300 g/mol. The molecule has 1 aromatic heterocycles.